The molecule has 0 saturated heterocycles. The highest BCUT2D eigenvalue weighted by atomic mass is 35.5. The van der Waals surface area contributed by atoms with Crippen molar-refractivity contribution in [3.63, 3.8) is 0 Å². The van der Waals surface area contributed by atoms with Crippen molar-refractivity contribution in [2.45, 2.75) is 52.1 Å². The minimum absolute atomic E-state index is 0.271. The number of hydrogen-bond acceptors (Lipinski definition) is 3. The van der Waals surface area contributed by atoms with Crippen LogP contribution in [0.2, 0.25) is 5.02 Å². The maximum atomic E-state index is 6.41. The topological polar surface area (TPSA) is 39.1 Å². The standard InChI is InChI=1S/C16H28ClN3O/c1-16(2)7-5-12(6-8-16)14(18-3)15-13(17)11-19-20(15)9-10-21-4/h11-12,14,18H,5-10H2,1-4H3. The van der Waals surface area contributed by atoms with E-state index in [0.29, 0.717) is 17.9 Å². The highest BCUT2D eigenvalue weighted by Gasteiger charge is 2.33. The third-order valence-electron chi connectivity index (χ3n) is 4.80. The van der Waals surface area contributed by atoms with Gasteiger partial charge in [0.05, 0.1) is 36.1 Å². The van der Waals surface area contributed by atoms with Gasteiger partial charge in [0.2, 0.25) is 0 Å². The molecule has 5 heteroatoms. The van der Waals surface area contributed by atoms with Gasteiger partial charge in [-0.3, -0.25) is 4.68 Å². The second-order valence-corrected chi connectivity index (χ2v) is 7.27. The Morgan fingerprint density at radius 2 is 2.14 bits per heavy atom. The second kappa shape index (κ2) is 7.12. The summed E-state index contributed by atoms with van der Waals surface area (Å²) in [5.41, 5.74) is 1.59. The Labute approximate surface area is 133 Å². The third-order valence-corrected chi connectivity index (χ3v) is 5.09. The molecule has 1 N–H and O–H groups in total. The zero-order valence-electron chi connectivity index (χ0n) is 13.7. The van der Waals surface area contributed by atoms with Crippen LogP contribution in [0.15, 0.2) is 6.20 Å². The molecule has 1 fully saturated rings. The number of nitrogens with zero attached hydrogens (tertiary/aromatic N) is 2. The largest absolute Gasteiger partial charge is 0.383 e. The molecule has 1 saturated carbocycles. The first-order valence-electron chi connectivity index (χ1n) is 7.86. The molecule has 0 spiro atoms. The Morgan fingerprint density at radius 3 is 2.71 bits per heavy atom. The molecule has 0 amide bonds. The summed E-state index contributed by atoms with van der Waals surface area (Å²) in [6.07, 6.45) is 6.79. The van der Waals surface area contributed by atoms with E-state index in [0.717, 1.165) is 17.3 Å². The van der Waals surface area contributed by atoms with Crippen LogP contribution < -0.4 is 5.32 Å². The van der Waals surface area contributed by atoms with Crippen molar-refractivity contribution < 1.29 is 4.74 Å². The van der Waals surface area contributed by atoms with Crippen LogP contribution >= 0.6 is 11.6 Å². The Bertz CT molecular complexity index is 448. The minimum Gasteiger partial charge on any atom is -0.383 e. The maximum Gasteiger partial charge on any atom is 0.0834 e. The lowest BCUT2D eigenvalue weighted by atomic mass is 9.70. The lowest BCUT2D eigenvalue weighted by Gasteiger charge is -2.38. The van der Waals surface area contributed by atoms with Gasteiger partial charge in [0, 0.05) is 7.11 Å². The fourth-order valence-corrected chi connectivity index (χ4v) is 3.65. The zero-order valence-corrected chi connectivity index (χ0v) is 14.4. The first-order chi connectivity index (χ1) is 9.98. The van der Waals surface area contributed by atoms with E-state index in [1.54, 1.807) is 13.3 Å². The van der Waals surface area contributed by atoms with Crippen molar-refractivity contribution in [3.05, 3.63) is 16.9 Å². The fraction of sp³-hybridized carbons (Fsp3) is 0.812. The van der Waals surface area contributed by atoms with Gasteiger partial charge in [-0.05, 0) is 44.1 Å². The number of rotatable bonds is 6. The van der Waals surface area contributed by atoms with Gasteiger partial charge < -0.3 is 10.1 Å². The summed E-state index contributed by atoms with van der Waals surface area (Å²) < 4.78 is 7.16. The predicted molar refractivity (Wildman–Crippen MR) is 86.7 cm³/mol. The van der Waals surface area contributed by atoms with Crippen LogP contribution in [0.4, 0.5) is 0 Å². The number of aromatic nitrogens is 2. The first kappa shape index (κ1) is 16.8. The van der Waals surface area contributed by atoms with Crippen LogP contribution in [0.25, 0.3) is 0 Å². The van der Waals surface area contributed by atoms with Crippen LogP contribution in [0.5, 0.6) is 0 Å². The Hall–Kier alpha value is -0.580. The van der Waals surface area contributed by atoms with Crippen molar-refractivity contribution in [2.75, 3.05) is 20.8 Å². The van der Waals surface area contributed by atoms with Gasteiger partial charge in [0.15, 0.2) is 0 Å². The Kier molecular flexibility index (Phi) is 5.69. The normalized spacial score (nSPS) is 20.6. The van der Waals surface area contributed by atoms with Crippen LogP contribution in [0.1, 0.15) is 51.3 Å². The van der Waals surface area contributed by atoms with E-state index < -0.39 is 0 Å². The maximum absolute atomic E-state index is 6.41. The molecule has 21 heavy (non-hydrogen) atoms. The molecule has 1 aliphatic carbocycles. The van der Waals surface area contributed by atoms with Crippen LogP contribution in [-0.4, -0.2) is 30.5 Å². The highest BCUT2D eigenvalue weighted by molar-refractivity contribution is 6.31. The van der Waals surface area contributed by atoms with Crippen molar-refractivity contribution in [1.82, 2.24) is 15.1 Å². The number of halogens is 1. The molecular formula is C16H28ClN3O. The van der Waals surface area contributed by atoms with E-state index in [1.807, 2.05) is 11.7 Å². The van der Waals surface area contributed by atoms with Gasteiger partial charge >= 0.3 is 0 Å². The zero-order chi connectivity index (χ0) is 15.5. The summed E-state index contributed by atoms with van der Waals surface area (Å²) in [7, 11) is 3.73. The Balaban J connectivity index is 2.16. The fourth-order valence-electron chi connectivity index (χ4n) is 3.39. The SMILES string of the molecule is CNC(c1c(Cl)cnn1CCOC)C1CCC(C)(C)CC1. The van der Waals surface area contributed by atoms with Gasteiger partial charge in [-0.2, -0.15) is 5.10 Å². The summed E-state index contributed by atoms with van der Waals surface area (Å²) in [4.78, 5) is 0. The smallest absolute Gasteiger partial charge is 0.0834 e. The Morgan fingerprint density at radius 1 is 1.48 bits per heavy atom. The highest BCUT2D eigenvalue weighted by Crippen LogP contribution is 2.43. The van der Waals surface area contributed by atoms with Crippen LogP contribution in [0, 0.1) is 11.3 Å². The summed E-state index contributed by atoms with van der Waals surface area (Å²) >= 11 is 6.41. The molecule has 0 aliphatic heterocycles. The molecule has 1 aliphatic rings. The average Bonchev–Trinajstić information content (AvgIpc) is 2.81. The molecule has 0 aromatic carbocycles. The molecule has 4 nitrogen and oxygen atoms in total. The van der Waals surface area contributed by atoms with Gasteiger partial charge in [-0.1, -0.05) is 25.4 Å². The number of methoxy groups -OCH3 is 1. The molecule has 1 aromatic heterocycles. The summed E-state index contributed by atoms with van der Waals surface area (Å²) in [6, 6.07) is 0.271. The van der Waals surface area contributed by atoms with E-state index in [9.17, 15) is 0 Å². The average molecular weight is 314 g/mol. The van der Waals surface area contributed by atoms with Crippen molar-refractivity contribution in [3.8, 4) is 0 Å². The van der Waals surface area contributed by atoms with Crippen LogP contribution in [-0.2, 0) is 11.3 Å². The number of hydrogen-bond donors (Lipinski definition) is 1. The lowest BCUT2D eigenvalue weighted by Crippen LogP contribution is -2.33. The molecule has 1 atom stereocenters. The molecule has 2 rings (SSSR count). The molecule has 1 heterocycles. The van der Waals surface area contributed by atoms with E-state index in [-0.39, 0.29) is 6.04 Å². The summed E-state index contributed by atoms with van der Waals surface area (Å²) in [5.74, 6) is 0.624. The van der Waals surface area contributed by atoms with Crippen LogP contribution in [0.3, 0.4) is 0 Å². The minimum atomic E-state index is 0.271. The van der Waals surface area contributed by atoms with Crippen molar-refractivity contribution >= 4 is 11.6 Å². The third kappa shape index (κ3) is 3.99. The lowest BCUT2D eigenvalue weighted by molar-refractivity contribution is 0.156. The van der Waals surface area contributed by atoms with E-state index in [2.05, 4.69) is 24.3 Å². The van der Waals surface area contributed by atoms with E-state index in [1.165, 1.54) is 25.7 Å². The first-order valence-corrected chi connectivity index (χ1v) is 8.23. The predicted octanol–water partition coefficient (Wildman–Crippen LogP) is 3.66. The molecule has 0 radical (unpaired) electrons. The van der Waals surface area contributed by atoms with E-state index >= 15 is 0 Å². The molecule has 1 unspecified atom stereocenters. The van der Waals surface area contributed by atoms with Gasteiger partial charge in [0.1, 0.15) is 0 Å². The van der Waals surface area contributed by atoms with Gasteiger partial charge in [0.25, 0.3) is 0 Å². The summed E-state index contributed by atoms with van der Waals surface area (Å²) in [6.45, 7) is 6.13. The number of ether oxygens (including phenoxy) is 1. The van der Waals surface area contributed by atoms with Crippen molar-refractivity contribution in [1.29, 1.82) is 0 Å². The van der Waals surface area contributed by atoms with Gasteiger partial charge in [-0.15, -0.1) is 0 Å². The molecule has 120 valence electrons. The molecule has 0 bridgehead atoms. The monoisotopic (exact) mass is 313 g/mol. The van der Waals surface area contributed by atoms with Gasteiger partial charge in [-0.25, -0.2) is 0 Å². The second-order valence-electron chi connectivity index (χ2n) is 6.86. The van der Waals surface area contributed by atoms with E-state index in [4.69, 9.17) is 16.3 Å². The number of nitrogens with one attached hydrogen (secondary N) is 1. The quantitative estimate of drug-likeness (QED) is 0.871. The molecular weight excluding hydrogens is 286 g/mol. The van der Waals surface area contributed by atoms with Crippen molar-refractivity contribution in [2.24, 2.45) is 11.3 Å². The summed E-state index contributed by atoms with van der Waals surface area (Å²) in [5, 5.41) is 8.64. The molecule has 1 aromatic rings.